The molecule has 0 saturated carbocycles. The topological polar surface area (TPSA) is 47.0 Å². The van der Waals surface area contributed by atoms with Crippen molar-refractivity contribution in [2.45, 2.75) is 33.8 Å². The molecule has 0 aliphatic heterocycles. The number of aromatic nitrogens is 2. The van der Waals surface area contributed by atoms with Gasteiger partial charge in [0.1, 0.15) is 11.6 Å². The van der Waals surface area contributed by atoms with Crippen LogP contribution in [0.15, 0.2) is 4.47 Å². The highest BCUT2D eigenvalue weighted by atomic mass is 79.9. The molecule has 96 valence electrons. The molecular weight excluding hydrogens is 282 g/mol. The maximum atomic E-state index is 5.15. The zero-order valence-electron chi connectivity index (χ0n) is 10.9. The maximum Gasteiger partial charge on any atom is 0.144 e. The van der Waals surface area contributed by atoms with Gasteiger partial charge in [-0.05, 0) is 28.8 Å². The van der Waals surface area contributed by atoms with Crippen LogP contribution in [0.1, 0.15) is 32.3 Å². The van der Waals surface area contributed by atoms with Crippen molar-refractivity contribution in [3.8, 4) is 0 Å². The molecule has 1 aromatic rings. The Morgan fingerprint density at radius 3 is 2.59 bits per heavy atom. The average Bonchev–Trinajstić information content (AvgIpc) is 2.24. The highest BCUT2D eigenvalue weighted by molar-refractivity contribution is 9.10. The lowest BCUT2D eigenvalue weighted by atomic mass is 10.1. The summed E-state index contributed by atoms with van der Waals surface area (Å²) in [4.78, 5) is 9.04. The second-order valence-electron chi connectivity index (χ2n) is 4.31. The molecule has 0 radical (unpaired) electrons. The number of hydrogen-bond acceptors (Lipinski definition) is 4. The smallest absolute Gasteiger partial charge is 0.144 e. The third-order valence-electron chi connectivity index (χ3n) is 2.18. The highest BCUT2D eigenvalue weighted by Crippen LogP contribution is 2.24. The minimum absolute atomic E-state index is 0.493. The normalized spacial score (nSPS) is 10.9. The summed E-state index contributed by atoms with van der Waals surface area (Å²) >= 11 is 3.52. The Hall–Kier alpha value is -0.680. The van der Waals surface area contributed by atoms with Gasteiger partial charge in [0, 0.05) is 20.1 Å². The van der Waals surface area contributed by atoms with E-state index in [2.05, 4.69) is 45.1 Å². The van der Waals surface area contributed by atoms with E-state index in [4.69, 9.17) is 4.74 Å². The molecule has 0 aromatic carbocycles. The predicted molar refractivity (Wildman–Crippen MR) is 73.2 cm³/mol. The molecule has 4 nitrogen and oxygen atoms in total. The van der Waals surface area contributed by atoms with Gasteiger partial charge >= 0.3 is 0 Å². The Morgan fingerprint density at radius 1 is 1.35 bits per heavy atom. The van der Waals surface area contributed by atoms with E-state index in [1.165, 1.54) is 0 Å². The molecule has 0 aliphatic carbocycles. The Labute approximate surface area is 111 Å². The van der Waals surface area contributed by atoms with Gasteiger partial charge in [0.2, 0.25) is 0 Å². The molecule has 1 aromatic heterocycles. The number of nitrogens with one attached hydrogen (secondary N) is 1. The molecule has 0 fully saturated rings. The first kappa shape index (κ1) is 14.4. The van der Waals surface area contributed by atoms with Gasteiger partial charge in [-0.15, -0.1) is 0 Å². The molecule has 1 rings (SSSR count). The summed E-state index contributed by atoms with van der Waals surface area (Å²) in [7, 11) is 1.67. The van der Waals surface area contributed by atoms with Gasteiger partial charge in [-0.1, -0.05) is 13.8 Å². The van der Waals surface area contributed by atoms with Crippen LogP contribution in [0.3, 0.4) is 0 Å². The lowest BCUT2D eigenvalue weighted by Crippen LogP contribution is -2.10. The van der Waals surface area contributed by atoms with E-state index in [9.17, 15) is 0 Å². The quantitative estimate of drug-likeness (QED) is 0.877. The van der Waals surface area contributed by atoms with Crippen molar-refractivity contribution in [1.29, 1.82) is 0 Å². The van der Waals surface area contributed by atoms with E-state index in [1.54, 1.807) is 7.11 Å². The van der Waals surface area contributed by atoms with Crippen molar-refractivity contribution in [2.75, 3.05) is 19.0 Å². The van der Waals surface area contributed by atoms with Gasteiger partial charge in [-0.3, -0.25) is 0 Å². The monoisotopic (exact) mass is 301 g/mol. The predicted octanol–water partition coefficient (Wildman–Crippen LogP) is 3.02. The van der Waals surface area contributed by atoms with E-state index in [-0.39, 0.29) is 0 Å². The summed E-state index contributed by atoms with van der Waals surface area (Å²) < 4.78 is 6.05. The third-order valence-corrected chi connectivity index (χ3v) is 3.02. The Kier molecular flexibility index (Phi) is 5.85. The first-order valence-corrected chi connectivity index (χ1v) is 6.65. The van der Waals surface area contributed by atoms with E-state index < -0.39 is 0 Å². The van der Waals surface area contributed by atoms with Crippen molar-refractivity contribution < 1.29 is 4.74 Å². The summed E-state index contributed by atoms with van der Waals surface area (Å²) in [5.41, 5.74) is 0.897. The third kappa shape index (κ3) is 4.24. The van der Waals surface area contributed by atoms with E-state index in [0.717, 1.165) is 34.8 Å². The summed E-state index contributed by atoms with van der Waals surface area (Å²) in [6.07, 6.45) is 0.877. The van der Waals surface area contributed by atoms with Crippen LogP contribution in [0.5, 0.6) is 0 Å². The molecule has 0 amide bonds. The molecule has 0 bridgehead atoms. The Balaban J connectivity index is 3.06. The fraction of sp³-hybridized carbons (Fsp3) is 0.667. The molecule has 0 unspecified atom stereocenters. The molecule has 1 heterocycles. The molecule has 0 aliphatic rings. The summed E-state index contributed by atoms with van der Waals surface area (Å²) in [5, 5.41) is 3.23. The van der Waals surface area contributed by atoms with Gasteiger partial charge in [0.25, 0.3) is 0 Å². The number of ether oxygens (including phenoxy) is 1. The van der Waals surface area contributed by atoms with E-state index >= 15 is 0 Å². The number of nitrogens with zero attached hydrogens (tertiary/aromatic N) is 2. The van der Waals surface area contributed by atoms with Crippen LogP contribution in [0.4, 0.5) is 5.82 Å². The number of methoxy groups -OCH3 is 1. The minimum atomic E-state index is 0.493. The minimum Gasteiger partial charge on any atom is -0.378 e. The zero-order chi connectivity index (χ0) is 12.8. The van der Waals surface area contributed by atoms with Crippen molar-refractivity contribution in [1.82, 2.24) is 9.97 Å². The van der Waals surface area contributed by atoms with Crippen LogP contribution in [-0.2, 0) is 17.8 Å². The largest absolute Gasteiger partial charge is 0.378 e. The summed E-state index contributed by atoms with van der Waals surface area (Å²) in [6, 6.07) is 0. The van der Waals surface area contributed by atoms with Gasteiger partial charge in [0.05, 0.1) is 16.8 Å². The van der Waals surface area contributed by atoms with Crippen LogP contribution >= 0.6 is 15.9 Å². The summed E-state index contributed by atoms with van der Waals surface area (Å²) in [6.45, 7) is 7.70. The van der Waals surface area contributed by atoms with Crippen LogP contribution < -0.4 is 5.32 Å². The van der Waals surface area contributed by atoms with Crippen LogP contribution in [0.2, 0.25) is 0 Å². The van der Waals surface area contributed by atoms with Crippen LogP contribution in [0, 0.1) is 5.92 Å². The number of anilines is 1. The van der Waals surface area contributed by atoms with Crippen molar-refractivity contribution >= 4 is 21.7 Å². The van der Waals surface area contributed by atoms with Gasteiger partial charge in [0.15, 0.2) is 0 Å². The number of halogens is 1. The average molecular weight is 302 g/mol. The molecule has 1 N–H and O–H groups in total. The van der Waals surface area contributed by atoms with Crippen molar-refractivity contribution in [3.63, 3.8) is 0 Å². The van der Waals surface area contributed by atoms with Crippen molar-refractivity contribution in [3.05, 3.63) is 16.0 Å². The fourth-order valence-electron chi connectivity index (χ4n) is 1.52. The van der Waals surface area contributed by atoms with Gasteiger partial charge in [-0.2, -0.15) is 0 Å². The molecule has 5 heteroatoms. The molecule has 0 saturated heterocycles. The maximum absolute atomic E-state index is 5.15. The Morgan fingerprint density at radius 2 is 2.06 bits per heavy atom. The fourth-order valence-corrected chi connectivity index (χ4v) is 1.95. The number of hydrogen-bond donors (Lipinski definition) is 1. The standard InChI is InChI=1S/C12H20BrN3O/c1-5-14-12-11(13)9(7-17-4)15-10(16-12)6-8(2)3/h8H,5-7H2,1-4H3,(H,14,15,16). The van der Waals surface area contributed by atoms with Gasteiger partial charge in [-0.25, -0.2) is 9.97 Å². The highest BCUT2D eigenvalue weighted by Gasteiger charge is 2.12. The first-order chi connectivity index (χ1) is 8.08. The van der Waals surface area contributed by atoms with Crippen molar-refractivity contribution in [2.24, 2.45) is 5.92 Å². The lowest BCUT2D eigenvalue weighted by molar-refractivity contribution is 0.180. The molecule has 0 spiro atoms. The summed E-state index contributed by atoms with van der Waals surface area (Å²) in [5.74, 6) is 2.26. The zero-order valence-corrected chi connectivity index (χ0v) is 12.5. The lowest BCUT2D eigenvalue weighted by Gasteiger charge is -2.12. The van der Waals surface area contributed by atoms with Crippen LogP contribution in [-0.4, -0.2) is 23.6 Å². The Bertz CT molecular complexity index is 342. The van der Waals surface area contributed by atoms with E-state index in [0.29, 0.717) is 12.5 Å². The molecular formula is C12H20BrN3O. The van der Waals surface area contributed by atoms with E-state index in [1.807, 2.05) is 6.92 Å². The van der Waals surface area contributed by atoms with Crippen LogP contribution in [0.25, 0.3) is 0 Å². The SMILES string of the molecule is CCNc1nc(CC(C)C)nc(COC)c1Br. The molecule has 17 heavy (non-hydrogen) atoms. The molecule has 0 atom stereocenters. The second-order valence-corrected chi connectivity index (χ2v) is 5.10. The van der Waals surface area contributed by atoms with Gasteiger partial charge < -0.3 is 10.1 Å². The first-order valence-electron chi connectivity index (χ1n) is 5.86. The second kappa shape index (κ2) is 6.91. The number of rotatable bonds is 6.